The maximum atomic E-state index is 6.99. The Kier molecular flexibility index (Phi) is 7.69. The standard InChI is InChI=1S/C24H46O2Si/c1-9-25-18-11-10-13-19(2)20-15-16-21-22(14-12-17-24(20,21)6)26-27(7,8)23(3,4)5/h11,18-22H,9-10,12-17H2,1-8H3/t19-,20-,21+,22+,24-/m1/s1. The predicted octanol–water partition coefficient (Wildman–Crippen LogP) is 7.56. The summed E-state index contributed by atoms with van der Waals surface area (Å²) in [5, 5.41) is 0.305. The first kappa shape index (κ1) is 23.0. The summed E-state index contributed by atoms with van der Waals surface area (Å²) < 4.78 is 12.3. The van der Waals surface area contributed by atoms with Crippen LogP contribution in [0.4, 0.5) is 0 Å². The molecule has 0 spiro atoms. The molecule has 0 amide bonds. The molecule has 0 aromatic heterocycles. The van der Waals surface area contributed by atoms with E-state index in [2.05, 4.69) is 53.8 Å². The van der Waals surface area contributed by atoms with E-state index in [1.807, 2.05) is 13.2 Å². The lowest BCUT2D eigenvalue weighted by atomic mass is 9.61. The van der Waals surface area contributed by atoms with E-state index in [1.165, 1.54) is 38.5 Å². The Hall–Kier alpha value is -0.283. The predicted molar refractivity (Wildman–Crippen MR) is 119 cm³/mol. The second kappa shape index (κ2) is 9.03. The lowest BCUT2D eigenvalue weighted by Crippen LogP contribution is -2.50. The molecule has 0 radical (unpaired) electrons. The Morgan fingerprint density at radius 1 is 1.19 bits per heavy atom. The largest absolute Gasteiger partial charge is 0.502 e. The normalized spacial score (nSPS) is 33.3. The van der Waals surface area contributed by atoms with Crippen LogP contribution in [0.3, 0.4) is 0 Å². The van der Waals surface area contributed by atoms with Crippen molar-refractivity contribution >= 4 is 8.32 Å². The molecule has 0 heterocycles. The highest BCUT2D eigenvalue weighted by Crippen LogP contribution is 2.59. The lowest BCUT2D eigenvalue weighted by Gasteiger charge is -2.50. The van der Waals surface area contributed by atoms with Gasteiger partial charge in [0.25, 0.3) is 0 Å². The van der Waals surface area contributed by atoms with Crippen molar-refractivity contribution in [1.82, 2.24) is 0 Å². The summed E-state index contributed by atoms with van der Waals surface area (Å²) in [7, 11) is -1.69. The Morgan fingerprint density at radius 3 is 2.52 bits per heavy atom. The van der Waals surface area contributed by atoms with Gasteiger partial charge in [0, 0.05) is 6.10 Å². The van der Waals surface area contributed by atoms with Crippen LogP contribution in [0.15, 0.2) is 12.3 Å². The summed E-state index contributed by atoms with van der Waals surface area (Å²) in [5.74, 6) is 2.42. The number of allylic oxidation sites excluding steroid dienone is 1. The van der Waals surface area contributed by atoms with Crippen molar-refractivity contribution in [3.63, 3.8) is 0 Å². The molecule has 5 atom stereocenters. The van der Waals surface area contributed by atoms with Gasteiger partial charge in [-0.05, 0) is 92.8 Å². The first-order valence-electron chi connectivity index (χ1n) is 11.5. The van der Waals surface area contributed by atoms with Crippen molar-refractivity contribution in [3.8, 4) is 0 Å². The molecule has 2 fully saturated rings. The molecule has 0 aliphatic heterocycles. The van der Waals surface area contributed by atoms with Crippen LogP contribution < -0.4 is 0 Å². The Labute approximate surface area is 170 Å². The number of hydrogen-bond donors (Lipinski definition) is 0. The van der Waals surface area contributed by atoms with Crippen LogP contribution in [0.5, 0.6) is 0 Å². The molecule has 0 N–H and O–H groups in total. The zero-order valence-electron chi connectivity index (χ0n) is 19.4. The fraction of sp³-hybridized carbons (Fsp3) is 0.917. The Balaban J connectivity index is 2.02. The number of ether oxygens (including phenoxy) is 1. The van der Waals surface area contributed by atoms with Crippen molar-refractivity contribution in [3.05, 3.63) is 12.3 Å². The maximum Gasteiger partial charge on any atom is 0.192 e. The van der Waals surface area contributed by atoms with Gasteiger partial charge in [-0.1, -0.05) is 41.0 Å². The third-order valence-electron chi connectivity index (χ3n) is 8.22. The third kappa shape index (κ3) is 5.21. The highest BCUT2D eigenvalue weighted by atomic mass is 28.4. The molecule has 0 saturated heterocycles. The zero-order valence-corrected chi connectivity index (χ0v) is 20.4. The zero-order chi connectivity index (χ0) is 20.3. The molecule has 158 valence electrons. The van der Waals surface area contributed by atoms with Crippen molar-refractivity contribution in [1.29, 1.82) is 0 Å². The Morgan fingerprint density at radius 2 is 1.89 bits per heavy atom. The van der Waals surface area contributed by atoms with Gasteiger partial charge in [0.05, 0.1) is 12.9 Å². The van der Waals surface area contributed by atoms with E-state index < -0.39 is 8.32 Å². The molecule has 2 rings (SSSR count). The molecule has 0 unspecified atom stereocenters. The van der Waals surface area contributed by atoms with Crippen molar-refractivity contribution in [2.75, 3.05) is 6.61 Å². The maximum absolute atomic E-state index is 6.99. The monoisotopic (exact) mass is 394 g/mol. The molecule has 2 aliphatic carbocycles. The van der Waals surface area contributed by atoms with Gasteiger partial charge in [0.2, 0.25) is 0 Å². The van der Waals surface area contributed by atoms with E-state index in [-0.39, 0.29) is 0 Å². The summed E-state index contributed by atoms with van der Waals surface area (Å²) >= 11 is 0. The second-order valence-electron chi connectivity index (χ2n) is 11.0. The van der Waals surface area contributed by atoms with Gasteiger partial charge < -0.3 is 9.16 Å². The topological polar surface area (TPSA) is 18.5 Å². The number of rotatable bonds is 8. The van der Waals surface area contributed by atoms with E-state index in [9.17, 15) is 0 Å². The lowest BCUT2D eigenvalue weighted by molar-refractivity contribution is -0.0209. The molecular formula is C24H46O2Si. The molecule has 0 bridgehead atoms. The van der Waals surface area contributed by atoms with Crippen LogP contribution in [-0.2, 0) is 9.16 Å². The minimum atomic E-state index is -1.69. The van der Waals surface area contributed by atoms with Crippen LogP contribution in [-0.4, -0.2) is 21.0 Å². The van der Waals surface area contributed by atoms with Crippen LogP contribution in [0.2, 0.25) is 18.1 Å². The average molecular weight is 395 g/mol. The fourth-order valence-electron chi connectivity index (χ4n) is 5.58. The van der Waals surface area contributed by atoms with Gasteiger partial charge in [0.15, 0.2) is 8.32 Å². The highest BCUT2D eigenvalue weighted by Gasteiger charge is 2.54. The van der Waals surface area contributed by atoms with Gasteiger partial charge in [-0.3, -0.25) is 0 Å². The highest BCUT2D eigenvalue weighted by molar-refractivity contribution is 6.74. The van der Waals surface area contributed by atoms with E-state index in [1.54, 1.807) is 0 Å². The van der Waals surface area contributed by atoms with Gasteiger partial charge in [0.1, 0.15) is 0 Å². The molecule has 2 aliphatic rings. The quantitative estimate of drug-likeness (QED) is 0.312. The molecule has 2 saturated carbocycles. The summed E-state index contributed by atoms with van der Waals surface area (Å²) in [6, 6.07) is 0. The van der Waals surface area contributed by atoms with Gasteiger partial charge >= 0.3 is 0 Å². The Bertz CT molecular complexity index is 493. The molecular weight excluding hydrogens is 348 g/mol. The molecule has 3 heteroatoms. The van der Waals surface area contributed by atoms with Crippen molar-refractivity contribution in [2.45, 2.75) is 111 Å². The van der Waals surface area contributed by atoms with Crippen LogP contribution in [0, 0.1) is 23.2 Å². The van der Waals surface area contributed by atoms with Gasteiger partial charge in [-0.25, -0.2) is 0 Å². The van der Waals surface area contributed by atoms with E-state index in [0.29, 0.717) is 16.6 Å². The molecule has 27 heavy (non-hydrogen) atoms. The average Bonchev–Trinajstić information content (AvgIpc) is 2.91. The molecule has 2 nitrogen and oxygen atoms in total. The minimum absolute atomic E-state index is 0.305. The van der Waals surface area contributed by atoms with E-state index in [4.69, 9.17) is 9.16 Å². The smallest absolute Gasteiger partial charge is 0.192 e. The molecule has 0 aromatic carbocycles. The van der Waals surface area contributed by atoms with Crippen LogP contribution in [0.1, 0.15) is 86.5 Å². The SMILES string of the molecule is CCOC=CCC[C@@H](C)[C@H]1CC[C@H]2[C@@H](O[Si](C)(C)C(C)(C)C)CCC[C@]12C. The number of hydrogen-bond acceptors (Lipinski definition) is 2. The van der Waals surface area contributed by atoms with E-state index in [0.717, 1.165) is 30.8 Å². The van der Waals surface area contributed by atoms with Gasteiger partial charge in [-0.15, -0.1) is 0 Å². The molecule has 0 aromatic rings. The fourth-order valence-corrected chi connectivity index (χ4v) is 6.98. The first-order chi connectivity index (χ1) is 12.5. The van der Waals surface area contributed by atoms with Crippen LogP contribution >= 0.6 is 0 Å². The van der Waals surface area contributed by atoms with Gasteiger partial charge in [-0.2, -0.15) is 0 Å². The summed E-state index contributed by atoms with van der Waals surface area (Å²) in [5.41, 5.74) is 0.480. The third-order valence-corrected chi connectivity index (χ3v) is 12.7. The number of fused-ring (bicyclic) bond motifs is 1. The second-order valence-corrected chi connectivity index (χ2v) is 15.7. The van der Waals surface area contributed by atoms with Crippen LogP contribution in [0.25, 0.3) is 0 Å². The summed E-state index contributed by atoms with van der Waals surface area (Å²) in [6.45, 7) is 19.9. The first-order valence-corrected chi connectivity index (χ1v) is 14.4. The minimum Gasteiger partial charge on any atom is -0.502 e. The summed E-state index contributed by atoms with van der Waals surface area (Å²) in [4.78, 5) is 0. The summed E-state index contributed by atoms with van der Waals surface area (Å²) in [6.07, 6.45) is 13.8. The van der Waals surface area contributed by atoms with Crippen molar-refractivity contribution < 1.29 is 9.16 Å². The van der Waals surface area contributed by atoms with E-state index >= 15 is 0 Å². The van der Waals surface area contributed by atoms with Crippen molar-refractivity contribution in [2.24, 2.45) is 23.2 Å².